The maximum absolute atomic E-state index is 13.1. The molecule has 1 N–H and O–H groups in total. The SMILES string of the molecule is CS(=O)(=O)N1CCC(CNC(=O)C2(c3ccc(Cl)cc3)CCCC2)CC1. The van der Waals surface area contributed by atoms with E-state index in [1.165, 1.54) is 10.6 Å². The van der Waals surface area contributed by atoms with Gasteiger partial charge in [0, 0.05) is 24.7 Å². The number of piperidine rings is 1. The van der Waals surface area contributed by atoms with Crippen molar-refractivity contribution in [2.45, 2.75) is 43.9 Å². The van der Waals surface area contributed by atoms with Gasteiger partial charge in [0.2, 0.25) is 15.9 Å². The molecule has 0 atom stereocenters. The number of sulfonamides is 1. The van der Waals surface area contributed by atoms with Crippen molar-refractivity contribution in [2.24, 2.45) is 5.92 Å². The minimum absolute atomic E-state index is 0.0999. The van der Waals surface area contributed by atoms with Crippen molar-refractivity contribution in [3.8, 4) is 0 Å². The van der Waals surface area contributed by atoms with Crippen LogP contribution in [0.1, 0.15) is 44.1 Å². The van der Waals surface area contributed by atoms with Crippen molar-refractivity contribution >= 4 is 27.5 Å². The summed E-state index contributed by atoms with van der Waals surface area (Å²) in [6, 6.07) is 7.64. The fourth-order valence-electron chi connectivity index (χ4n) is 4.25. The normalized spacial score (nSPS) is 21.6. The monoisotopic (exact) mass is 398 g/mol. The van der Waals surface area contributed by atoms with Crippen LogP contribution in [0.4, 0.5) is 0 Å². The summed E-state index contributed by atoms with van der Waals surface area (Å²) in [4.78, 5) is 13.1. The summed E-state index contributed by atoms with van der Waals surface area (Å²) in [5.74, 6) is 0.434. The molecule has 1 aliphatic heterocycles. The third-order valence-electron chi connectivity index (χ3n) is 5.88. The number of halogens is 1. The number of carbonyl (C=O) groups is 1. The Kier molecular flexibility index (Phi) is 5.94. The van der Waals surface area contributed by atoms with E-state index in [1.807, 2.05) is 24.3 Å². The second kappa shape index (κ2) is 7.87. The van der Waals surface area contributed by atoms with Crippen molar-refractivity contribution in [3.63, 3.8) is 0 Å². The van der Waals surface area contributed by atoms with Gasteiger partial charge in [-0.3, -0.25) is 4.79 Å². The number of nitrogens with zero attached hydrogens (tertiary/aromatic N) is 1. The van der Waals surface area contributed by atoms with Gasteiger partial charge in [0.15, 0.2) is 0 Å². The van der Waals surface area contributed by atoms with Crippen molar-refractivity contribution in [3.05, 3.63) is 34.9 Å². The highest BCUT2D eigenvalue weighted by molar-refractivity contribution is 7.88. The molecule has 144 valence electrons. The number of benzene rings is 1. The molecule has 0 bridgehead atoms. The molecule has 26 heavy (non-hydrogen) atoms. The number of hydrogen-bond acceptors (Lipinski definition) is 3. The van der Waals surface area contributed by atoms with Crippen molar-refractivity contribution in [1.82, 2.24) is 9.62 Å². The van der Waals surface area contributed by atoms with E-state index in [-0.39, 0.29) is 5.91 Å². The van der Waals surface area contributed by atoms with E-state index in [4.69, 9.17) is 11.6 Å². The molecule has 2 fully saturated rings. The molecule has 5 nitrogen and oxygen atoms in total. The lowest BCUT2D eigenvalue weighted by Gasteiger charge is -2.32. The van der Waals surface area contributed by atoms with Crippen LogP contribution in [0.2, 0.25) is 5.02 Å². The molecule has 0 radical (unpaired) electrons. The maximum Gasteiger partial charge on any atom is 0.230 e. The first-order chi connectivity index (χ1) is 12.3. The predicted molar refractivity (Wildman–Crippen MR) is 104 cm³/mol. The van der Waals surface area contributed by atoms with Gasteiger partial charge in [0.25, 0.3) is 0 Å². The van der Waals surface area contributed by atoms with Crippen molar-refractivity contribution in [1.29, 1.82) is 0 Å². The first-order valence-corrected chi connectivity index (χ1v) is 11.5. The standard InChI is InChI=1S/C19H27ClN2O3S/c1-26(24,25)22-12-8-15(9-13-22)14-21-18(23)19(10-2-3-11-19)16-4-6-17(20)7-5-16/h4-7,15H,2-3,8-14H2,1H3,(H,21,23). The number of carbonyl (C=O) groups excluding carboxylic acids is 1. The molecule has 0 aromatic heterocycles. The third-order valence-corrected chi connectivity index (χ3v) is 7.44. The summed E-state index contributed by atoms with van der Waals surface area (Å²) < 4.78 is 24.7. The number of amides is 1. The van der Waals surface area contributed by atoms with Gasteiger partial charge in [-0.25, -0.2) is 12.7 Å². The lowest BCUT2D eigenvalue weighted by molar-refractivity contribution is -0.126. The van der Waals surface area contributed by atoms with Crippen LogP contribution in [0.15, 0.2) is 24.3 Å². The van der Waals surface area contributed by atoms with Gasteiger partial charge in [-0.2, -0.15) is 0 Å². The predicted octanol–water partition coefficient (Wildman–Crippen LogP) is 2.94. The van der Waals surface area contributed by atoms with Gasteiger partial charge in [0.05, 0.1) is 11.7 Å². The second-order valence-corrected chi connectivity index (χ2v) is 10.0. The summed E-state index contributed by atoms with van der Waals surface area (Å²) in [5, 5.41) is 3.84. The van der Waals surface area contributed by atoms with Gasteiger partial charge in [-0.1, -0.05) is 36.6 Å². The largest absolute Gasteiger partial charge is 0.355 e. The Balaban J connectivity index is 1.61. The van der Waals surface area contributed by atoms with Gasteiger partial charge in [0.1, 0.15) is 0 Å². The molecule has 1 aliphatic carbocycles. The molecule has 1 amide bonds. The zero-order chi connectivity index (χ0) is 18.8. The molecule has 7 heteroatoms. The number of nitrogens with one attached hydrogen (secondary N) is 1. The Bertz CT molecular complexity index is 735. The highest BCUT2D eigenvalue weighted by Crippen LogP contribution is 2.41. The van der Waals surface area contributed by atoms with Crippen LogP contribution < -0.4 is 5.32 Å². The lowest BCUT2D eigenvalue weighted by Crippen LogP contribution is -2.46. The van der Waals surface area contributed by atoms with Crippen LogP contribution in [-0.2, 0) is 20.2 Å². The average molecular weight is 399 g/mol. The smallest absolute Gasteiger partial charge is 0.230 e. The van der Waals surface area contributed by atoms with Crippen molar-refractivity contribution < 1.29 is 13.2 Å². The fourth-order valence-corrected chi connectivity index (χ4v) is 5.25. The van der Waals surface area contributed by atoms with E-state index in [1.54, 1.807) is 0 Å². The van der Waals surface area contributed by atoms with Crippen molar-refractivity contribution in [2.75, 3.05) is 25.9 Å². The first-order valence-electron chi connectivity index (χ1n) is 9.31. The Morgan fingerprint density at radius 3 is 2.31 bits per heavy atom. The molecular weight excluding hydrogens is 372 g/mol. The first kappa shape index (κ1) is 19.6. The van der Waals surface area contributed by atoms with Gasteiger partial charge in [-0.15, -0.1) is 0 Å². The zero-order valence-electron chi connectivity index (χ0n) is 15.2. The molecule has 1 saturated heterocycles. The molecule has 1 saturated carbocycles. The van der Waals surface area contributed by atoms with Crippen LogP contribution in [-0.4, -0.2) is 44.5 Å². The highest BCUT2D eigenvalue weighted by Gasteiger charge is 2.42. The van der Waals surface area contributed by atoms with E-state index >= 15 is 0 Å². The molecule has 0 spiro atoms. The number of rotatable bonds is 5. The van der Waals surface area contributed by atoms with E-state index in [0.717, 1.165) is 44.1 Å². The maximum atomic E-state index is 13.1. The van der Waals surface area contributed by atoms with Gasteiger partial charge in [-0.05, 0) is 49.3 Å². The van der Waals surface area contributed by atoms with Gasteiger partial charge < -0.3 is 5.32 Å². The highest BCUT2D eigenvalue weighted by atomic mass is 35.5. The zero-order valence-corrected chi connectivity index (χ0v) is 16.8. The lowest BCUT2D eigenvalue weighted by atomic mass is 9.78. The summed E-state index contributed by atoms with van der Waals surface area (Å²) >= 11 is 6.00. The van der Waals surface area contributed by atoms with Crippen LogP contribution in [0.3, 0.4) is 0 Å². The quantitative estimate of drug-likeness (QED) is 0.829. The average Bonchev–Trinajstić information content (AvgIpc) is 3.11. The van der Waals surface area contributed by atoms with Crippen LogP contribution in [0, 0.1) is 5.92 Å². The molecular formula is C19H27ClN2O3S. The summed E-state index contributed by atoms with van der Waals surface area (Å²) in [6.07, 6.45) is 6.69. The van der Waals surface area contributed by atoms with Gasteiger partial charge >= 0.3 is 0 Å². The molecule has 0 unspecified atom stereocenters. The topological polar surface area (TPSA) is 66.5 Å². The number of hydrogen-bond donors (Lipinski definition) is 1. The molecule has 1 aromatic carbocycles. The Hall–Kier alpha value is -1.11. The summed E-state index contributed by atoms with van der Waals surface area (Å²) in [7, 11) is -3.11. The van der Waals surface area contributed by atoms with E-state index in [0.29, 0.717) is 30.6 Å². The summed E-state index contributed by atoms with van der Waals surface area (Å²) in [5.41, 5.74) is 0.599. The molecule has 1 aromatic rings. The van der Waals surface area contributed by atoms with E-state index < -0.39 is 15.4 Å². The molecule has 2 aliphatic rings. The fraction of sp³-hybridized carbons (Fsp3) is 0.632. The second-order valence-electron chi connectivity index (χ2n) is 7.61. The minimum Gasteiger partial charge on any atom is -0.355 e. The van der Waals surface area contributed by atoms with E-state index in [9.17, 15) is 13.2 Å². The molecule has 1 heterocycles. The van der Waals surface area contributed by atoms with Crippen LogP contribution in [0.25, 0.3) is 0 Å². The van der Waals surface area contributed by atoms with Crippen LogP contribution in [0.5, 0.6) is 0 Å². The minimum atomic E-state index is -3.11. The van der Waals surface area contributed by atoms with Crippen LogP contribution >= 0.6 is 11.6 Å². The summed E-state index contributed by atoms with van der Waals surface area (Å²) in [6.45, 7) is 1.70. The Morgan fingerprint density at radius 2 is 1.77 bits per heavy atom. The Labute approximate surface area is 161 Å². The Morgan fingerprint density at radius 1 is 1.19 bits per heavy atom. The molecule has 3 rings (SSSR count). The van der Waals surface area contributed by atoms with E-state index in [2.05, 4.69) is 5.32 Å². The third kappa shape index (κ3) is 4.24.